The summed E-state index contributed by atoms with van der Waals surface area (Å²) in [5.41, 5.74) is 1.23. The van der Waals surface area contributed by atoms with E-state index in [2.05, 4.69) is 15.3 Å². The van der Waals surface area contributed by atoms with Crippen LogP contribution in [0.25, 0.3) is 0 Å². The second-order valence-corrected chi connectivity index (χ2v) is 6.41. The molecule has 0 saturated carbocycles. The summed E-state index contributed by atoms with van der Waals surface area (Å²) < 4.78 is 31.6. The molecule has 0 aliphatic heterocycles. The minimum Gasteiger partial charge on any atom is -0.452 e. The second kappa shape index (κ2) is 8.70. The first-order valence-corrected chi connectivity index (χ1v) is 8.63. The number of carbonyl (C=O) groups excluding carboxylic acids is 2. The number of benzene rings is 1. The Labute approximate surface area is 153 Å². The van der Waals surface area contributed by atoms with Gasteiger partial charge in [-0.3, -0.25) is 9.59 Å². The Morgan fingerprint density at radius 1 is 1.19 bits per heavy atom. The fourth-order valence-electron chi connectivity index (χ4n) is 1.99. The maximum absolute atomic E-state index is 13.5. The Kier molecular flexibility index (Phi) is 6.62. The van der Waals surface area contributed by atoms with Crippen LogP contribution in [-0.4, -0.2) is 33.7 Å². The van der Waals surface area contributed by atoms with Crippen LogP contribution in [0.2, 0.25) is 0 Å². The van der Waals surface area contributed by atoms with Crippen molar-refractivity contribution in [3.8, 4) is 0 Å². The first kappa shape index (κ1) is 19.8. The molecule has 1 heterocycles. The van der Waals surface area contributed by atoms with Gasteiger partial charge in [-0.2, -0.15) is 0 Å². The summed E-state index contributed by atoms with van der Waals surface area (Å²) in [6, 6.07) is 4.47. The fourth-order valence-corrected chi connectivity index (χ4v) is 2.73. The van der Waals surface area contributed by atoms with Crippen LogP contribution >= 0.6 is 11.8 Å². The van der Waals surface area contributed by atoms with Crippen molar-refractivity contribution in [2.45, 2.75) is 32.0 Å². The summed E-state index contributed by atoms with van der Waals surface area (Å²) in [6.07, 6.45) is -1.18. The quantitative estimate of drug-likeness (QED) is 0.471. The number of anilines is 1. The summed E-state index contributed by atoms with van der Waals surface area (Å²) in [4.78, 5) is 32.2. The standard InChI is InChI=1S/C17H17F2N3O3S/c1-9-6-10(2)21-17(20-9)26-8-15(23)25-11(3)16(24)22-14-7-12(18)4-5-13(14)19/h4-7,11H,8H2,1-3H3,(H,22,24)/t11-/m1/s1. The molecule has 0 saturated heterocycles. The Morgan fingerprint density at radius 3 is 2.50 bits per heavy atom. The minimum atomic E-state index is -1.18. The van der Waals surface area contributed by atoms with Crippen LogP contribution in [0.3, 0.4) is 0 Å². The second-order valence-electron chi connectivity index (χ2n) is 5.47. The Bertz CT molecular complexity index is 813. The maximum Gasteiger partial charge on any atom is 0.317 e. The SMILES string of the molecule is Cc1cc(C)nc(SCC(=O)O[C@H](C)C(=O)Nc2cc(F)ccc2F)n1. The third-order valence-corrected chi connectivity index (χ3v) is 3.97. The number of thioether (sulfide) groups is 1. The lowest BCUT2D eigenvalue weighted by molar-refractivity contribution is -0.150. The van der Waals surface area contributed by atoms with Gasteiger partial charge < -0.3 is 10.1 Å². The summed E-state index contributed by atoms with van der Waals surface area (Å²) in [7, 11) is 0. The van der Waals surface area contributed by atoms with Crippen molar-refractivity contribution in [3.63, 3.8) is 0 Å². The molecule has 138 valence electrons. The summed E-state index contributed by atoms with van der Waals surface area (Å²) >= 11 is 1.08. The lowest BCUT2D eigenvalue weighted by Gasteiger charge is -2.13. The number of aryl methyl sites for hydroxylation is 2. The molecule has 1 aromatic heterocycles. The first-order chi connectivity index (χ1) is 12.2. The number of aromatic nitrogens is 2. The van der Waals surface area contributed by atoms with Gasteiger partial charge in [-0.1, -0.05) is 11.8 Å². The number of esters is 1. The zero-order valence-electron chi connectivity index (χ0n) is 14.4. The smallest absolute Gasteiger partial charge is 0.317 e. The molecular weight excluding hydrogens is 364 g/mol. The molecule has 2 rings (SSSR count). The first-order valence-electron chi connectivity index (χ1n) is 7.65. The highest BCUT2D eigenvalue weighted by molar-refractivity contribution is 7.99. The van der Waals surface area contributed by atoms with Crippen LogP contribution in [0, 0.1) is 25.5 Å². The predicted molar refractivity (Wildman–Crippen MR) is 92.8 cm³/mol. The van der Waals surface area contributed by atoms with Crippen LogP contribution in [0.1, 0.15) is 18.3 Å². The van der Waals surface area contributed by atoms with Crippen molar-refractivity contribution in [1.29, 1.82) is 0 Å². The minimum absolute atomic E-state index is 0.0885. The van der Waals surface area contributed by atoms with E-state index in [4.69, 9.17) is 4.74 Å². The van der Waals surface area contributed by atoms with E-state index in [9.17, 15) is 18.4 Å². The number of halogens is 2. The topological polar surface area (TPSA) is 81.2 Å². The molecule has 1 N–H and O–H groups in total. The monoisotopic (exact) mass is 381 g/mol. The number of nitrogens with one attached hydrogen (secondary N) is 1. The average Bonchev–Trinajstić information content (AvgIpc) is 2.55. The van der Waals surface area contributed by atoms with Crippen molar-refractivity contribution in [1.82, 2.24) is 9.97 Å². The van der Waals surface area contributed by atoms with Crippen LogP contribution in [0.4, 0.5) is 14.5 Å². The molecule has 0 radical (unpaired) electrons. The molecule has 1 aromatic carbocycles. The van der Waals surface area contributed by atoms with E-state index in [0.717, 1.165) is 41.3 Å². The van der Waals surface area contributed by atoms with Crippen molar-refractivity contribution in [2.24, 2.45) is 0 Å². The summed E-state index contributed by atoms with van der Waals surface area (Å²) in [5.74, 6) is -3.00. The van der Waals surface area contributed by atoms with Crippen molar-refractivity contribution in [2.75, 3.05) is 11.1 Å². The van der Waals surface area contributed by atoms with E-state index < -0.39 is 29.6 Å². The van der Waals surface area contributed by atoms with Crippen LogP contribution in [0.5, 0.6) is 0 Å². The third kappa shape index (κ3) is 5.76. The van der Waals surface area contributed by atoms with Gasteiger partial charge in [0, 0.05) is 17.5 Å². The van der Waals surface area contributed by atoms with Crippen LogP contribution < -0.4 is 5.32 Å². The van der Waals surface area contributed by atoms with E-state index in [-0.39, 0.29) is 11.4 Å². The zero-order chi connectivity index (χ0) is 19.3. The van der Waals surface area contributed by atoms with Crippen molar-refractivity contribution in [3.05, 3.63) is 47.3 Å². The molecule has 0 aliphatic rings. The highest BCUT2D eigenvalue weighted by atomic mass is 32.2. The molecule has 0 bridgehead atoms. The van der Waals surface area contributed by atoms with Crippen molar-refractivity contribution < 1.29 is 23.1 Å². The Morgan fingerprint density at radius 2 is 1.85 bits per heavy atom. The van der Waals surface area contributed by atoms with Crippen LogP contribution in [-0.2, 0) is 14.3 Å². The van der Waals surface area contributed by atoms with Gasteiger partial charge in [0.15, 0.2) is 11.3 Å². The normalized spacial score (nSPS) is 11.7. The van der Waals surface area contributed by atoms with Crippen LogP contribution in [0.15, 0.2) is 29.4 Å². The lowest BCUT2D eigenvalue weighted by atomic mass is 10.2. The van der Waals surface area contributed by atoms with E-state index in [0.29, 0.717) is 5.16 Å². The van der Waals surface area contributed by atoms with Gasteiger partial charge in [0.2, 0.25) is 0 Å². The van der Waals surface area contributed by atoms with Gasteiger partial charge >= 0.3 is 5.97 Å². The zero-order valence-corrected chi connectivity index (χ0v) is 15.2. The van der Waals surface area contributed by atoms with Gasteiger partial charge in [-0.05, 0) is 39.0 Å². The number of nitrogens with zero attached hydrogens (tertiary/aromatic N) is 2. The molecule has 1 atom stereocenters. The van der Waals surface area contributed by atoms with E-state index >= 15 is 0 Å². The number of hydrogen-bond donors (Lipinski definition) is 1. The molecule has 0 spiro atoms. The molecule has 0 unspecified atom stereocenters. The molecule has 2 aromatic rings. The lowest BCUT2D eigenvalue weighted by Crippen LogP contribution is -2.30. The number of ether oxygens (including phenoxy) is 1. The Balaban J connectivity index is 1.87. The van der Waals surface area contributed by atoms with Gasteiger partial charge in [0.1, 0.15) is 11.6 Å². The number of hydrogen-bond acceptors (Lipinski definition) is 6. The molecule has 6 nitrogen and oxygen atoms in total. The predicted octanol–water partition coefficient (Wildman–Crippen LogP) is 3.03. The number of amides is 1. The van der Waals surface area contributed by atoms with Gasteiger partial charge in [0.05, 0.1) is 11.4 Å². The highest BCUT2D eigenvalue weighted by Gasteiger charge is 2.20. The molecular formula is C17H17F2N3O3S. The molecule has 0 fully saturated rings. The molecule has 9 heteroatoms. The third-order valence-electron chi connectivity index (χ3n) is 3.14. The van der Waals surface area contributed by atoms with Gasteiger partial charge in [0.25, 0.3) is 5.91 Å². The molecule has 0 aliphatic carbocycles. The van der Waals surface area contributed by atoms with Gasteiger partial charge in [-0.15, -0.1) is 0 Å². The van der Waals surface area contributed by atoms with Crippen molar-refractivity contribution >= 4 is 29.3 Å². The van der Waals surface area contributed by atoms with E-state index in [1.165, 1.54) is 6.92 Å². The maximum atomic E-state index is 13.5. The molecule has 1 amide bonds. The number of rotatable bonds is 6. The largest absolute Gasteiger partial charge is 0.452 e. The highest BCUT2D eigenvalue weighted by Crippen LogP contribution is 2.17. The van der Waals surface area contributed by atoms with Gasteiger partial charge in [-0.25, -0.2) is 18.7 Å². The van der Waals surface area contributed by atoms with E-state index in [1.54, 1.807) is 6.07 Å². The number of carbonyl (C=O) groups is 2. The average molecular weight is 381 g/mol. The summed E-state index contributed by atoms with van der Waals surface area (Å²) in [6.45, 7) is 4.96. The van der Waals surface area contributed by atoms with E-state index in [1.807, 2.05) is 13.8 Å². The Hall–Kier alpha value is -2.55. The summed E-state index contributed by atoms with van der Waals surface area (Å²) in [5, 5.41) is 2.61. The molecule has 26 heavy (non-hydrogen) atoms. The fraction of sp³-hybridized carbons (Fsp3) is 0.294.